The molecule has 2 fully saturated rings. The van der Waals surface area contributed by atoms with Gasteiger partial charge in [-0.05, 0) is 24.3 Å². The highest BCUT2D eigenvalue weighted by Crippen LogP contribution is 2.40. The number of aliphatic hydroxyl groups excluding tert-OH is 1. The maximum absolute atomic E-state index is 13.3. The highest BCUT2D eigenvalue weighted by atomic mass is 16.3. The zero-order valence-electron chi connectivity index (χ0n) is 21.9. The molecule has 4 rings (SSSR count). The van der Waals surface area contributed by atoms with Crippen LogP contribution >= 0.6 is 0 Å². The number of piperidine rings is 1. The number of aliphatic hydroxyl groups is 2. The van der Waals surface area contributed by atoms with Crippen LogP contribution in [-0.4, -0.2) is 49.3 Å². The molecule has 1 aliphatic carbocycles. The minimum Gasteiger partial charge on any atom is -0.392 e. The van der Waals surface area contributed by atoms with Gasteiger partial charge in [-0.2, -0.15) is 0 Å². The van der Waals surface area contributed by atoms with Crippen molar-refractivity contribution in [3.63, 3.8) is 0 Å². The standard InChI is InChI=1S/C29H41N3O4/c1-21(15-22-7-5-4-6-8-22)27(35)31-14-13-29(36,28(2,3)18-31)19-32-20-30-25(16-26(32)34)24-11-9-23(17-33)10-12-24/h9-12,16,20-22,33,36H,4-8,13-15,17-19H2,1-3H3. The van der Waals surface area contributed by atoms with Gasteiger partial charge in [0.15, 0.2) is 0 Å². The average Bonchev–Trinajstić information content (AvgIpc) is 2.87. The number of amides is 1. The molecular formula is C29H41N3O4. The Hall–Kier alpha value is -2.51. The minimum atomic E-state index is -1.13. The summed E-state index contributed by atoms with van der Waals surface area (Å²) in [5, 5.41) is 20.9. The summed E-state index contributed by atoms with van der Waals surface area (Å²) in [5.41, 5.74) is 0.208. The Morgan fingerprint density at radius 2 is 1.86 bits per heavy atom. The second kappa shape index (κ2) is 10.9. The number of likely N-dealkylation sites (tertiary alicyclic amines) is 1. The van der Waals surface area contributed by atoms with Crippen molar-refractivity contribution in [3.8, 4) is 11.3 Å². The largest absolute Gasteiger partial charge is 0.392 e. The molecule has 2 aromatic rings. The van der Waals surface area contributed by atoms with E-state index in [1.165, 1.54) is 49.1 Å². The van der Waals surface area contributed by atoms with Crippen LogP contribution in [0.2, 0.25) is 0 Å². The van der Waals surface area contributed by atoms with E-state index in [1.807, 2.05) is 30.9 Å². The summed E-state index contributed by atoms with van der Waals surface area (Å²) in [7, 11) is 0. The monoisotopic (exact) mass is 495 g/mol. The molecule has 1 saturated carbocycles. The van der Waals surface area contributed by atoms with Crippen LogP contribution in [0.3, 0.4) is 0 Å². The molecule has 196 valence electrons. The quantitative estimate of drug-likeness (QED) is 0.605. The van der Waals surface area contributed by atoms with Gasteiger partial charge in [0.2, 0.25) is 5.91 Å². The molecule has 7 heteroatoms. The van der Waals surface area contributed by atoms with Gasteiger partial charge in [-0.25, -0.2) is 4.98 Å². The first-order valence-electron chi connectivity index (χ1n) is 13.4. The molecule has 1 saturated heterocycles. The number of hydrogen-bond acceptors (Lipinski definition) is 5. The lowest BCUT2D eigenvalue weighted by Crippen LogP contribution is -2.61. The van der Waals surface area contributed by atoms with E-state index < -0.39 is 11.0 Å². The first-order chi connectivity index (χ1) is 17.1. The van der Waals surface area contributed by atoms with Crippen molar-refractivity contribution in [2.24, 2.45) is 17.3 Å². The SMILES string of the molecule is CC(CC1CCCCC1)C(=O)N1CCC(O)(Cn2cnc(-c3ccc(CO)cc3)cc2=O)C(C)(C)C1. The molecule has 7 nitrogen and oxygen atoms in total. The summed E-state index contributed by atoms with van der Waals surface area (Å²) < 4.78 is 1.47. The summed E-state index contributed by atoms with van der Waals surface area (Å²) >= 11 is 0. The fourth-order valence-corrected chi connectivity index (χ4v) is 5.94. The third-order valence-electron chi connectivity index (χ3n) is 8.53. The Bertz CT molecular complexity index is 1100. The Morgan fingerprint density at radius 1 is 1.17 bits per heavy atom. The van der Waals surface area contributed by atoms with Gasteiger partial charge >= 0.3 is 0 Å². The topological polar surface area (TPSA) is 95.7 Å². The maximum atomic E-state index is 13.3. The lowest BCUT2D eigenvalue weighted by atomic mass is 9.69. The molecule has 0 bridgehead atoms. The number of hydrogen-bond donors (Lipinski definition) is 2. The molecule has 1 amide bonds. The van der Waals surface area contributed by atoms with Crippen molar-refractivity contribution in [2.75, 3.05) is 13.1 Å². The van der Waals surface area contributed by atoms with Crippen LogP contribution in [0.25, 0.3) is 11.3 Å². The fraction of sp³-hybridized carbons (Fsp3) is 0.621. The van der Waals surface area contributed by atoms with Gasteiger partial charge in [-0.1, -0.05) is 77.1 Å². The van der Waals surface area contributed by atoms with Crippen molar-refractivity contribution >= 4 is 5.91 Å². The van der Waals surface area contributed by atoms with Gasteiger partial charge in [0, 0.05) is 36.1 Å². The Labute approximate surface area is 214 Å². The average molecular weight is 496 g/mol. The second-order valence-electron chi connectivity index (χ2n) is 11.7. The van der Waals surface area contributed by atoms with Gasteiger partial charge in [0.1, 0.15) is 0 Å². The molecule has 2 unspecified atom stereocenters. The van der Waals surface area contributed by atoms with Crippen molar-refractivity contribution in [1.82, 2.24) is 14.5 Å². The highest BCUT2D eigenvalue weighted by molar-refractivity contribution is 5.78. The van der Waals surface area contributed by atoms with E-state index in [4.69, 9.17) is 0 Å². The molecule has 0 radical (unpaired) electrons. The maximum Gasteiger partial charge on any atom is 0.253 e. The van der Waals surface area contributed by atoms with Gasteiger partial charge in [-0.3, -0.25) is 14.2 Å². The van der Waals surface area contributed by atoms with Crippen molar-refractivity contribution in [3.05, 3.63) is 52.6 Å². The summed E-state index contributed by atoms with van der Waals surface area (Å²) in [4.78, 5) is 32.6. The van der Waals surface area contributed by atoms with Crippen LogP contribution in [0.1, 0.15) is 71.3 Å². The zero-order valence-corrected chi connectivity index (χ0v) is 21.9. The minimum absolute atomic E-state index is 0.000834. The third kappa shape index (κ3) is 5.73. The predicted octanol–water partition coefficient (Wildman–Crippen LogP) is 4.00. The lowest BCUT2D eigenvalue weighted by Gasteiger charge is -2.50. The van der Waals surface area contributed by atoms with E-state index in [9.17, 15) is 19.8 Å². The van der Waals surface area contributed by atoms with E-state index in [0.717, 1.165) is 17.5 Å². The summed E-state index contributed by atoms with van der Waals surface area (Å²) in [5.74, 6) is 0.842. The number of aromatic nitrogens is 2. The van der Waals surface area contributed by atoms with Crippen LogP contribution < -0.4 is 5.56 Å². The van der Waals surface area contributed by atoms with Crippen LogP contribution in [-0.2, 0) is 17.9 Å². The summed E-state index contributed by atoms with van der Waals surface area (Å²) in [6, 6.07) is 8.75. The highest BCUT2D eigenvalue weighted by Gasteiger charge is 2.49. The first kappa shape index (κ1) is 26.6. The number of nitrogens with zero attached hydrogens (tertiary/aromatic N) is 3. The molecule has 1 aromatic carbocycles. The van der Waals surface area contributed by atoms with Crippen molar-refractivity contribution in [2.45, 2.75) is 84.5 Å². The first-order valence-corrected chi connectivity index (χ1v) is 13.4. The Morgan fingerprint density at radius 3 is 2.47 bits per heavy atom. The lowest BCUT2D eigenvalue weighted by molar-refractivity contribution is -0.157. The predicted molar refractivity (Wildman–Crippen MR) is 140 cm³/mol. The summed E-state index contributed by atoms with van der Waals surface area (Å²) in [6.45, 7) is 7.07. The van der Waals surface area contributed by atoms with E-state index in [2.05, 4.69) is 11.9 Å². The zero-order chi connectivity index (χ0) is 25.9. The second-order valence-corrected chi connectivity index (χ2v) is 11.7. The molecule has 2 atom stereocenters. The Kier molecular flexibility index (Phi) is 8.00. The molecule has 36 heavy (non-hydrogen) atoms. The molecule has 1 aliphatic heterocycles. The normalized spacial score (nSPS) is 23.4. The molecule has 2 aliphatic rings. The van der Waals surface area contributed by atoms with Gasteiger partial charge in [-0.15, -0.1) is 0 Å². The van der Waals surface area contributed by atoms with Crippen LogP contribution in [0.5, 0.6) is 0 Å². The smallest absolute Gasteiger partial charge is 0.253 e. The molecule has 2 heterocycles. The van der Waals surface area contributed by atoms with E-state index in [0.29, 0.717) is 31.1 Å². The fourth-order valence-electron chi connectivity index (χ4n) is 5.94. The Balaban J connectivity index is 1.42. The molecule has 0 spiro atoms. The van der Waals surface area contributed by atoms with Crippen LogP contribution in [0.4, 0.5) is 0 Å². The van der Waals surface area contributed by atoms with E-state index in [-0.39, 0.29) is 30.5 Å². The van der Waals surface area contributed by atoms with Crippen LogP contribution in [0, 0.1) is 17.3 Å². The van der Waals surface area contributed by atoms with Crippen LogP contribution in [0.15, 0.2) is 41.5 Å². The molecule has 2 N–H and O–H groups in total. The van der Waals surface area contributed by atoms with E-state index >= 15 is 0 Å². The van der Waals surface area contributed by atoms with Crippen molar-refractivity contribution < 1.29 is 15.0 Å². The third-order valence-corrected chi connectivity index (χ3v) is 8.53. The number of benzene rings is 1. The molecule has 1 aromatic heterocycles. The van der Waals surface area contributed by atoms with Crippen molar-refractivity contribution in [1.29, 1.82) is 0 Å². The number of carbonyl (C=O) groups excluding carboxylic acids is 1. The van der Waals surface area contributed by atoms with Gasteiger partial charge < -0.3 is 15.1 Å². The van der Waals surface area contributed by atoms with E-state index in [1.54, 1.807) is 12.1 Å². The summed E-state index contributed by atoms with van der Waals surface area (Å²) in [6.07, 6.45) is 9.21. The van der Waals surface area contributed by atoms with Gasteiger partial charge in [0.05, 0.1) is 30.8 Å². The number of rotatable bonds is 7. The number of carbonyl (C=O) groups is 1. The van der Waals surface area contributed by atoms with Gasteiger partial charge in [0.25, 0.3) is 5.56 Å². The molecular weight excluding hydrogens is 454 g/mol.